The molecule has 0 amide bonds. The summed E-state index contributed by atoms with van der Waals surface area (Å²) in [6.07, 6.45) is 1.72. The lowest BCUT2D eigenvalue weighted by atomic mass is 9.79. The van der Waals surface area contributed by atoms with E-state index in [0.29, 0.717) is 30.3 Å². The van der Waals surface area contributed by atoms with Crippen LogP contribution in [0.2, 0.25) is 0 Å². The lowest BCUT2D eigenvalue weighted by Crippen LogP contribution is -2.32. The summed E-state index contributed by atoms with van der Waals surface area (Å²) in [6.45, 7) is 1.71. The van der Waals surface area contributed by atoms with E-state index in [4.69, 9.17) is 4.74 Å². The van der Waals surface area contributed by atoms with Crippen LogP contribution in [0, 0.1) is 5.41 Å². The van der Waals surface area contributed by atoms with Crippen LogP contribution in [0.25, 0.3) is 0 Å². The number of aldehydes is 1. The molecule has 0 aromatic heterocycles. The van der Waals surface area contributed by atoms with E-state index in [-0.39, 0.29) is 31.0 Å². The van der Waals surface area contributed by atoms with E-state index < -0.39 is 11.4 Å². The molecule has 2 aromatic carbocycles. The molecule has 0 aliphatic carbocycles. The van der Waals surface area contributed by atoms with Crippen molar-refractivity contribution in [1.82, 2.24) is 0 Å². The number of hydrogen-bond acceptors (Lipinski definition) is 5. The van der Waals surface area contributed by atoms with Gasteiger partial charge >= 0.3 is 5.97 Å². The van der Waals surface area contributed by atoms with E-state index >= 15 is 0 Å². The zero-order chi connectivity index (χ0) is 20.4. The summed E-state index contributed by atoms with van der Waals surface area (Å²) in [5, 5.41) is 0. The van der Waals surface area contributed by atoms with Gasteiger partial charge < -0.3 is 9.53 Å². The maximum absolute atomic E-state index is 12.6. The number of carbonyl (C=O) groups is 4. The molecule has 0 heterocycles. The summed E-state index contributed by atoms with van der Waals surface area (Å²) in [6, 6.07) is 17.2. The molecule has 0 N–H and O–H groups in total. The molecule has 28 heavy (non-hydrogen) atoms. The second kappa shape index (κ2) is 10.3. The minimum absolute atomic E-state index is 0.131. The molecule has 2 rings (SSSR count). The van der Waals surface area contributed by atoms with Gasteiger partial charge in [0.1, 0.15) is 12.1 Å². The number of ether oxygens (including phenoxy) is 1. The highest BCUT2D eigenvalue weighted by Crippen LogP contribution is 2.26. The Hall–Kier alpha value is -3.08. The average Bonchev–Trinajstić information content (AvgIpc) is 2.73. The Morgan fingerprint density at radius 2 is 1.46 bits per heavy atom. The third-order valence-electron chi connectivity index (χ3n) is 4.47. The van der Waals surface area contributed by atoms with Gasteiger partial charge in [0.05, 0.1) is 17.6 Å². The van der Waals surface area contributed by atoms with Gasteiger partial charge in [-0.25, -0.2) is 4.79 Å². The molecule has 1 unspecified atom stereocenters. The lowest BCUT2D eigenvalue weighted by Gasteiger charge is -2.20. The zero-order valence-corrected chi connectivity index (χ0v) is 15.9. The van der Waals surface area contributed by atoms with Gasteiger partial charge in [0, 0.05) is 18.4 Å². The monoisotopic (exact) mass is 380 g/mol. The molecule has 0 spiro atoms. The smallest absolute Gasteiger partial charge is 0.338 e. The fourth-order valence-electron chi connectivity index (χ4n) is 2.84. The van der Waals surface area contributed by atoms with Gasteiger partial charge in [-0.2, -0.15) is 0 Å². The largest absolute Gasteiger partial charge is 0.462 e. The summed E-state index contributed by atoms with van der Waals surface area (Å²) < 4.78 is 5.17. The normalized spacial score (nSPS) is 12.6. The van der Waals surface area contributed by atoms with Gasteiger partial charge in [-0.1, -0.05) is 48.5 Å². The molecule has 0 aliphatic rings. The number of carbonyl (C=O) groups excluding carboxylic acids is 4. The predicted molar refractivity (Wildman–Crippen MR) is 105 cm³/mol. The minimum Gasteiger partial charge on any atom is -0.462 e. The first-order chi connectivity index (χ1) is 13.5. The van der Waals surface area contributed by atoms with Crippen molar-refractivity contribution in [1.29, 1.82) is 0 Å². The lowest BCUT2D eigenvalue weighted by molar-refractivity contribution is -0.124. The van der Waals surface area contributed by atoms with Gasteiger partial charge in [-0.05, 0) is 31.9 Å². The van der Waals surface area contributed by atoms with E-state index in [2.05, 4.69) is 0 Å². The SMILES string of the molecule is CC(C=O)(CC(=O)CCCCOC(=O)c1ccccc1)C(=O)c1ccccc1. The number of benzene rings is 2. The Morgan fingerprint density at radius 1 is 0.893 bits per heavy atom. The molecule has 0 saturated heterocycles. The summed E-state index contributed by atoms with van der Waals surface area (Å²) >= 11 is 0. The van der Waals surface area contributed by atoms with Crippen molar-refractivity contribution in [2.75, 3.05) is 6.61 Å². The topological polar surface area (TPSA) is 77.5 Å². The summed E-state index contributed by atoms with van der Waals surface area (Å²) in [7, 11) is 0. The Bertz CT molecular complexity index is 813. The molecule has 5 nitrogen and oxygen atoms in total. The van der Waals surface area contributed by atoms with Crippen molar-refractivity contribution in [2.45, 2.75) is 32.6 Å². The number of Topliss-reactive ketones (excluding diaryl/α,β-unsaturated/α-hetero) is 2. The molecular weight excluding hydrogens is 356 g/mol. The Balaban J connectivity index is 1.75. The van der Waals surface area contributed by atoms with Crippen LogP contribution in [0.4, 0.5) is 0 Å². The van der Waals surface area contributed by atoms with Crippen LogP contribution < -0.4 is 0 Å². The number of unbranched alkanes of at least 4 members (excludes halogenated alkanes) is 1. The Morgan fingerprint density at radius 3 is 2.04 bits per heavy atom. The van der Waals surface area contributed by atoms with Crippen molar-refractivity contribution in [3.05, 3.63) is 71.8 Å². The first-order valence-corrected chi connectivity index (χ1v) is 9.26. The van der Waals surface area contributed by atoms with Crippen molar-refractivity contribution in [3.8, 4) is 0 Å². The molecule has 0 fully saturated rings. The highest BCUT2D eigenvalue weighted by atomic mass is 16.5. The van der Waals surface area contributed by atoms with Gasteiger partial charge in [-0.3, -0.25) is 9.59 Å². The molecule has 146 valence electrons. The first kappa shape index (κ1) is 21.2. The predicted octanol–water partition coefficient (Wildman–Crippen LogP) is 4.06. The van der Waals surface area contributed by atoms with E-state index in [9.17, 15) is 19.2 Å². The number of hydrogen-bond donors (Lipinski definition) is 0. The average molecular weight is 380 g/mol. The standard InChI is InChI=1S/C23H24O5/c1-23(17-24,21(26)18-10-4-2-5-11-18)16-20(25)14-8-9-15-28-22(27)19-12-6-3-7-13-19/h2-7,10-13,17H,8-9,14-16H2,1H3. The van der Waals surface area contributed by atoms with Crippen LogP contribution in [0.15, 0.2) is 60.7 Å². The fraction of sp³-hybridized carbons (Fsp3) is 0.304. The van der Waals surface area contributed by atoms with Gasteiger partial charge in [0.15, 0.2) is 5.78 Å². The highest BCUT2D eigenvalue weighted by molar-refractivity contribution is 6.10. The van der Waals surface area contributed by atoms with Crippen molar-refractivity contribution < 1.29 is 23.9 Å². The van der Waals surface area contributed by atoms with Gasteiger partial charge in [-0.15, -0.1) is 0 Å². The van der Waals surface area contributed by atoms with Crippen molar-refractivity contribution >= 4 is 23.8 Å². The summed E-state index contributed by atoms with van der Waals surface area (Å²) in [5.74, 6) is -0.907. The van der Waals surface area contributed by atoms with Crippen LogP contribution in [-0.4, -0.2) is 30.4 Å². The summed E-state index contributed by atoms with van der Waals surface area (Å²) in [4.78, 5) is 48.2. The highest BCUT2D eigenvalue weighted by Gasteiger charge is 2.35. The van der Waals surface area contributed by atoms with Crippen LogP contribution >= 0.6 is 0 Å². The molecule has 0 radical (unpaired) electrons. The Kier molecular flexibility index (Phi) is 7.81. The Labute approximate surface area is 164 Å². The van der Waals surface area contributed by atoms with E-state index in [0.717, 1.165) is 0 Å². The fourth-order valence-corrected chi connectivity index (χ4v) is 2.84. The third-order valence-corrected chi connectivity index (χ3v) is 4.47. The number of esters is 1. The zero-order valence-electron chi connectivity index (χ0n) is 15.9. The maximum atomic E-state index is 12.6. The number of ketones is 2. The molecular formula is C23H24O5. The summed E-state index contributed by atoms with van der Waals surface area (Å²) in [5.41, 5.74) is -0.462. The quantitative estimate of drug-likeness (QED) is 0.193. The van der Waals surface area contributed by atoms with E-state index in [1.165, 1.54) is 6.92 Å². The minimum atomic E-state index is -1.36. The molecule has 0 saturated carbocycles. The molecule has 0 bridgehead atoms. The van der Waals surface area contributed by atoms with Crippen LogP contribution in [0.1, 0.15) is 53.3 Å². The van der Waals surface area contributed by atoms with E-state index in [1.807, 2.05) is 6.07 Å². The number of rotatable bonds is 11. The van der Waals surface area contributed by atoms with Gasteiger partial charge in [0.25, 0.3) is 0 Å². The molecule has 2 aromatic rings. The molecule has 0 aliphatic heterocycles. The second-order valence-electron chi connectivity index (χ2n) is 6.90. The van der Waals surface area contributed by atoms with Crippen LogP contribution in [-0.2, 0) is 14.3 Å². The van der Waals surface area contributed by atoms with Crippen molar-refractivity contribution in [2.24, 2.45) is 5.41 Å². The maximum Gasteiger partial charge on any atom is 0.338 e. The first-order valence-electron chi connectivity index (χ1n) is 9.26. The molecule has 5 heteroatoms. The van der Waals surface area contributed by atoms with E-state index in [1.54, 1.807) is 54.6 Å². The third kappa shape index (κ3) is 5.98. The molecule has 1 atom stereocenters. The second-order valence-corrected chi connectivity index (χ2v) is 6.90. The van der Waals surface area contributed by atoms with Gasteiger partial charge in [0.2, 0.25) is 0 Å². The van der Waals surface area contributed by atoms with Crippen LogP contribution in [0.3, 0.4) is 0 Å². The van der Waals surface area contributed by atoms with Crippen LogP contribution in [0.5, 0.6) is 0 Å². The van der Waals surface area contributed by atoms with Crippen molar-refractivity contribution in [3.63, 3.8) is 0 Å².